The van der Waals surface area contributed by atoms with E-state index in [2.05, 4.69) is 27.2 Å². The maximum absolute atomic E-state index is 5.99. The Morgan fingerprint density at radius 3 is 2.61 bits per heavy atom. The number of nitrogens with zero attached hydrogens (tertiary/aromatic N) is 3. The molecule has 2 atom stereocenters. The van der Waals surface area contributed by atoms with Crippen molar-refractivity contribution in [3.05, 3.63) is 17.5 Å². The van der Waals surface area contributed by atoms with Crippen molar-refractivity contribution < 1.29 is 0 Å². The highest BCUT2D eigenvalue weighted by Crippen LogP contribution is 2.37. The molecule has 0 aromatic carbocycles. The number of hydrogen-bond acceptors (Lipinski definition) is 4. The summed E-state index contributed by atoms with van der Waals surface area (Å²) in [5.74, 6) is 1.45. The zero-order valence-corrected chi connectivity index (χ0v) is 11.4. The van der Waals surface area contributed by atoms with E-state index in [1.165, 1.54) is 25.7 Å². The molecule has 1 aromatic heterocycles. The molecule has 0 saturated carbocycles. The van der Waals surface area contributed by atoms with Crippen LogP contribution in [0.5, 0.6) is 0 Å². The highest BCUT2D eigenvalue weighted by Gasteiger charge is 2.38. The molecule has 2 aliphatic rings. The van der Waals surface area contributed by atoms with Gasteiger partial charge in [0.25, 0.3) is 0 Å². The van der Waals surface area contributed by atoms with Crippen LogP contribution in [-0.4, -0.2) is 40.5 Å². The molecular formula is C13H19ClN4. The second-order valence-electron chi connectivity index (χ2n) is 5.46. The summed E-state index contributed by atoms with van der Waals surface area (Å²) in [5.41, 5.74) is 0. The highest BCUT2D eigenvalue weighted by atomic mass is 35.5. The molecule has 3 heterocycles. The number of fused-ring (bicyclic) bond motifs is 2. The number of rotatable bonds is 3. The van der Waals surface area contributed by atoms with Crippen LogP contribution in [0.3, 0.4) is 0 Å². The summed E-state index contributed by atoms with van der Waals surface area (Å²) >= 11 is 5.99. The summed E-state index contributed by atoms with van der Waals surface area (Å²) < 4.78 is 0. The normalized spacial score (nSPS) is 31.6. The van der Waals surface area contributed by atoms with E-state index < -0.39 is 0 Å². The Hall–Kier alpha value is -0.870. The zero-order chi connectivity index (χ0) is 12.5. The van der Waals surface area contributed by atoms with Crippen molar-refractivity contribution in [2.24, 2.45) is 5.92 Å². The number of piperidine rings is 1. The van der Waals surface area contributed by atoms with E-state index in [0.29, 0.717) is 11.0 Å². The maximum atomic E-state index is 5.99. The van der Waals surface area contributed by atoms with Gasteiger partial charge in [-0.15, -0.1) is 0 Å². The number of anilines is 1. The van der Waals surface area contributed by atoms with Crippen LogP contribution >= 0.6 is 11.6 Å². The van der Waals surface area contributed by atoms with E-state index in [-0.39, 0.29) is 0 Å². The third-order valence-electron chi connectivity index (χ3n) is 4.41. The van der Waals surface area contributed by atoms with Gasteiger partial charge in [-0.25, -0.2) is 9.97 Å². The van der Waals surface area contributed by atoms with E-state index in [1.54, 1.807) is 12.4 Å². The summed E-state index contributed by atoms with van der Waals surface area (Å²) in [7, 11) is 2.27. The van der Waals surface area contributed by atoms with Crippen molar-refractivity contribution in [1.29, 1.82) is 0 Å². The van der Waals surface area contributed by atoms with Gasteiger partial charge in [-0.2, -0.15) is 0 Å². The van der Waals surface area contributed by atoms with Gasteiger partial charge in [0.05, 0.1) is 0 Å². The lowest BCUT2D eigenvalue weighted by Gasteiger charge is -2.36. The van der Waals surface area contributed by atoms with Gasteiger partial charge in [0.1, 0.15) is 0 Å². The molecule has 18 heavy (non-hydrogen) atoms. The van der Waals surface area contributed by atoms with Crippen LogP contribution in [-0.2, 0) is 0 Å². The van der Waals surface area contributed by atoms with Crippen LogP contribution in [0.25, 0.3) is 0 Å². The molecule has 1 N–H and O–H groups in total. The topological polar surface area (TPSA) is 41.0 Å². The van der Waals surface area contributed by atoms with Gasteiger partial charge >= 0.3 is 0 Å². The first kappa shape index (κ1) is 12.2. The Morgan fingerprint density at radius 1 is 1.28 bits per heavy atom. The molecular weight excluding hydrogens is 248 g/mol. The summed E-state index contributed by atoms with van der Waals surface area (Å²) in [4.78, 5) is 10.8. The monoisotopic (exact) mass is 266 g/mol. The van der Waals surface area contributed by atoms with Crippen LogP contribution in [0.1, 0.15) is 25.7 Å². The fraction of sp³-hybridized carbons (Fsp3) is 0.692. The standard InChI is InChI=1S/C13H19ClN4/c1-18-10-2-3-11(18)7-9(6-10)8-17-13-12(14)15-4-5-16-13/h4-5,9-11H,2-3,6-8H2,1H3,(H,16,17). The lowest BCUT2D eigenvalue weighted by atomic mass is 9.91. The zero-order valence-electron chi connectivity index (χ0n) is 10.6. The van der Waals surface area contributed by atoms with Gasteiger partial charge < -0.3 is 10.2 Å². The van der Waals surface area contributed by atoms with Crippen LogP contribution < -0.4 is 5.32 Å². The fourth-order valence-corrected chi connectivity index (χ4v) is 3.54. The summed E-state index contributed by atoms with van der Waals surface area (Å²) in [6.07, 6.45) is 8.60. The summed E-state index contributed by atoms with van der Waals surface area (Å²) in [6.45, 7) is 0.958. The van der Waals surface area contributed by atoms with Crippen LogP contribution in [0.2, 0.25) is 5.15 Å². The molecule has 5 heteroatoms. The lowest BCUT2D eigenvalue weighted by molar-refractivity contribution is 0.139. The van der Waals surface area contributed by atoms with Gasteiger partial charge in [-0.3, -0.25) is 0 Å². The minimum Gasteiger partial charge on any atom is -0.367 e. The van der Waals surface area contributed by atoms with Crippen molar-refractivity contribution >= 4 is 17.4 Å². The predicted molar refractivity (Wildman–Crippen MR) is 72.8 cm³/mol. The van der Waals surface area contributed by atoms with Crippen LogP contribution in [0.4, 0.5) is 5.82 Å². The van der Waals surface area contributed by atoms with Crippen LogP contribution in [0, 0.1) is 5.92 Å². The van der Waals surface area contributed by atoms with E-state index in [9.17, 15) is 0 Å². The number of hydrogen-bond donors (Lipinski definition) is 1. The molecule has 2 aliphatic heterocycles. The fourth-order valence-electron chi connectivity index (χ4n) is 3.37. The number of nitrogens with one attached hydrogen (secondary N) is 1. The Kier molecular flexibility index (Phi) is 3.39. The van der Waals surface area contributed by atoms with Crippen molar-refractivity contribution in [3.8, 4) is 0 Å². The molecule has 3 rings (SSSR count). The SMILES string of the molecule is CN1C2CCC1CC(CNc1nccnc1Cl)C2. The second kappa shape index (κ2) is 5.02. The first-order valence-electron chi connectivity index (χ1n) is 6.66. The van der Waals surface area contributed by atoms with E-state index >= 15 is 0 Å². The molecule has 4 nitrogen and oxygen atoms in total. The number of halogens is 1. The molecule has 0 spiro atoms. The highest BCUT2D eigenvalue weighted by molar-refractivity contribution is 6.31. The van der Waals surface area contributed by atoms with Gasteiger partial charge in [-0.05, 0) is 38.6 Å². The smallest absolute Gasteiger partial charge is 0.171 e. The Bertz CT molecular complexity index is 411. The lowest BCUT2D eigenvalue weighted by Crippen LogP contribution is -2.41. The van der Waals surface area contributed by atoms with E-state index in [4.69, 9.17) is 11.6 Å². The number of aromatic nitrogens is 2. The molecule has 2 unspecified atom stereocenters. The predicted octanol–water partition coefficient (Wildman–Crippen LogP) is 2.41. The third-order valence-corrected chi connectivity index (χ3v) is 4.68. The molecule has 2 bridgehead atoms. The Balaban J connectivity index is 1.57. The van der Waals surface area contributed by atoms with Crippen molar-refractivity contribution in [3.63, 3.8) is 0 Å². The molecule has 98 valence electrons. The van der Waals surface area contributed by atoms with Gasteiger partial charge in [0.15, 0.2) is 11.0 Å². The van der Waals surface area contributed by atoms with E-state index in [0.717, 1.165) is 24.5 Å². The molecule has 1 aromatic rings. The van der Waals surface area contributed by atoms with Gasteiger partial charge in [0, 0.05) is 31.0 Å². The maximum Gasteiger partial charge on any atom is 0.171 e. The average molecular weight is 267 g/mol. The first-order valence-corrected chi connectivity index (χ1v) is 7.04. The van der Waals surface area contributed by atoms with Crippen molar-refractivity contribution in [2.45, 2.75) is 37.8 Å². The Labute approximate surface area is 113 Å². The quantitative estimate of drug-likeness (QED) is 0.912. The molecule has 0 aliphatic carbocycles. The summed E-state index contributed by atoms with van der Waals surface area (Å²) in [5, 5.41) is 3.81. The second-order valence-corrected chi connectivity index (χ2v) is 5.82. The minimum absolute atomic E-state index is 0.466. The van der Waals surface area contributed by atoms with Gasteiger partial charge in [-0.1, -0.05) is 11.6 Å². The molecule has 2 fully saturated rings. The molecule has 0 amide bonds. The van der Waals surface area contributed by atoms with Gasteiger partial charge in [0.2, 0.25) is 0 Å². The molecule has 0 radical (unpaired) electrons. The first-order chi connectivity index (χ1) is 8.74. The third kappa shape index (κ3) is 2.31. The Morgan fingerprint density at radius 2 is 1.94 bits per heavy atom. The van der Waals surface area contributed by atoms with E-state index in [1.807, 2.05) is 0 Å². The largest absolute Gasteiger partial charge is 0.367 e. The molecule has 2 saturated heterocycles. The van der Waals surface area contributed by atoms with Crippen molar-refractivity contribution in [1.82, 2.24) is 14.9 Å². The minimum atomic E-state index is 0.466. The van der Waals surface area contributed by atoms with Crippen molar-refractivity contribution in [2.75, 3.05) is 18.9 Å². The summed E-state index contributed by atoms with van der Waals surface area (Å²) in [6, 6.07) is 1.57. The average Bonchev–Trinajstić information content (AvgIpc) is 2.62. The van der Waals surface area contributed by atoms with Crippen LogP contribution in [0.15, 0.2) is 12.4 Å².